The summed E-state index contributed by atoms with van der Waals surface area (Å²) < 4.78 is 15.3. The van der Waals surface area contributed by atoms with Crippen LogP contribution in [-0.2, 0) is 11.3 Å². The number of rotatable bonds is 6. The molecule has 0 saturated heterocycles. The Hall–Kier alpha value is -2.47. The number of carbonyl (C=O) groups is 1. The Morgan fingerprint density at radius 1 is 1.04 bits per heavy atom. The smallest absolute Gasteiger partial charge is 0.192 e. The van der Waals surface area contributed by atoms with Crippen molar-refractivity contribution in [2.45, 2.75) is 32.5 Å². The van der Waals surface area contributed by atoms with Crippen LogP contribution in [0.15, 0.2) is 59.8 Å². The van der Waals surface area contributed by atoms with E-state index in [-0.39, 0.29) is 11.6 Å². The number of aromatic nitrogens is 3. The van der Waals surface area contributed by atoms with Crippen LogP contribution < -0.4 is 0 Å². The van der Waals surface area contributed by atoms with Gasteiger partial charge in [-0.15, -0.1) is 10.2 Å². The lowest BCUT2D eigenvalue weighted by molar-refractivity contribution is -0.123. The first-order valence-electron chi connectivity index (χ1n) is 8.74. The topological polar surface area (TPSA) is 47.8 Å². The fraction of sp³-hybridized carbons (Fsp3) is 0.286. The van der Waals surface area contributed by atoms with Gasteiger partial charge in [-0.1, -0.05) is 62.9 Å². The summed E-state index contributed by atoms with van der Waals surface area (Å²) in [6.45, 7) is 6.31. The van der Waals surface area contributed by atoms with Gasteiger partial charge in [0, 0.05) is 11.0 Å². The molecule has 1 aromatic heterocycles. The van der Waals surface area contributed by atoms with Crippen LogP contribution in [0.5, 0.6) is 0 Å². The summed E-state index contributed by atoms with van der Waals surface area (Å²) in [4.78, 5) is 12.3. The Balaban J connectivity index is 1.93. The Labute approximate surface area is 162 Å². The van der Waals surface area contributed by atoms with Gasteiger partial charge in [-0.2, -0.15) is 0 Å². The van der Waals surface area contributed by atoms with Crippen LogP contribution in [-0.4, -0.2) is 26.3 Å². The number of halogens is 1. The summed E-state index contributed by atoms with van der Waals surface area (Å²) in [6, 6.07) is 16.2. The lowest BCUT2D eigenvalue weighted by atomic mass is 9.92. The monoisotopic (exact) mass is 383 g/mol. The Kier molecular flexibility index (Phi) is 5.75. The van der Waals surface area contributed by atoms with E-state index in [4.69, 9.17) is 0 Å². The summed E-state index contributed by atoms with van der Waals surface area (Å²) in [6.07, 6.45) is 0. The number of carbonyl (C=O) groups excluding carboxylic acids is 1. The van der Waals surface area contributed by atoms with Crippen LogP contribution in [0.2, 0.25) is 0 Å². The maximum atomic E-state index is 13.3. The molecule has 0 aliphatic rings. The highest BCUT2D eigenvalue weighted by Gasteiger charge is 2.23. The van der Waals surface area contributed by atoms with Crippen LogP contribution in [0.1, 0.15) is 26.3 Å². The lowest BCUT2D eigenvalue weighted by Crippen LogP contribution is -2.22. The van der Waals surface area contributed by atoms with Crippen molar-refractivity contribution in [3.63, 3.8) is 0 Å². The molecule has 3 rings (SSSR count). The van der Waals surface area contributed by atoms with E-state index in [2.05, 4.69) is 10.2 Å². The number of ketones is 1. The molecular weight excluding hydrogens is 361 g/mol. The van der Waals surface area contributed by atoms with Crippen molar-refractivity contribution < 1.29 is 9.18 Å². The molecule has 0 unspecified atom stereocenters. The van der Waals surface area contributed by atoms with E-state index in [0.29, 0.717) is 23.3 Å². The summed E-state index contributed by atoms with van der Waals surface area (Å²) in [5.41, 5.74) is 1.50. The molecule has 0 aliphatic heterocycles. The Morgan fingerprint density at radius 3 is 2.33 bits per heavy atom. The second-order valence-corrected chi connectivity index (χ2v) is 8.29. The molecule has 1 heterocycles. The third-order valence-corrected chi connectivity index (χ3v) is 5.14. The van der Waals surface area contributed by atoms with Gasteiger partial charge in [0.2, 0.25) is 0 Å². The second-order valence-electron chi connectivity index (χ2n) is 7.35. The number of hydrogen-bond acceptors (Lipinski definition) is 4. The number of Topliss-reactive ketones (excluding diaryl/α,β-unsaturated/α-hetero) is 1. The van der Waals surface area contributed by atoms with Crippen LogP contribution in [0.4, 0.5) is 4.39 Å². The van der Waals surface area contributed by atoms with E-state index in [1.54, 1.807) is 12.1 Å². The predicted molar refractivity (Wildman–Crippen MR) is 106 cm³/mol. The van der Waals surface area contributed by atoms with Gasteiger partial charge < -0.3 is 0 Å². The first-order valence-corrected chi connectivity index (χ1v) is 9.72. The summed E-state index contributed by atoms with van der Waals surface area (Å²) in [7, 11) is 0. The average Bonchev–Trinajstić information content (AvgIpc) is 3.03. The minimum Gasteiger partial charge on any atom is -0.298 e. The number of benzene rings is 2. The van der Waals surface area contributed by atoms with Gasteiger partial charge in [0.25, 0.3) is 0 Å². The van der Waals surface area contributed by atoms with E-state index in [9.17, 15) is 9.18 Å². The molecule has 0 spiro atoms. The van der Waals surface area contributed by atoms with Crippen molar-refractivity contribution >= 4 is 17.5 Å². The molecule has 0 aliphatic carbocycles. The first-order chi connectivity index (χ1) is 12.8. The summed E-state index contributed by atoms with van der Waals surface area (Å²) in [5, 5.41) is 9.28. The van der Waals surface area contributed by atoms with E-state index >= 15 is 0 Å². The fourth-order valence-corrected chi connectivity index (χ4v) is 3.56. The van der Waals surface area contributed by atoms with Crippen molar-refractivity contribution in [2.24, 2.45) is 5.41 Å². The van der Waals surface area contributed by atoms with Gasteiger partial charge in [-0.05, 0) is 29.8 Å². The summed E-state index contributed by atoms with van der Waals surface area (Å²) in [5.74, 6) is 0.854. The summed E-state index contributed by atoms with van der Waals surface area (Å²) >= 11 is 1.39. The zero-order valence-electron chi connectivity index (χ0n) is 15.6. The molecule has 4 nitrogen and oxygen atoms in total. The highest BCUT2D eigenvalue weighted by Crippen LogP contribution is 2.27. The number of hydrogen-bond donors (Lipinski definition) is 0. The normalized spacial score (nSPS) is 11.6. The van der Waals surface area contributed by atoms with E-state index in [1.807, 2.05) is 55.7 Å². The molecule has 3 aromatic rings. The largest absolute Gasteiger partial charge is 0.298 e. The molecular formula is C21H22FN3OS. The molecule has 0 radical (unpaired) electrons. The quantitative estimate of drug-likeness (QED) is 0.572. The van der Waals surface area contributed by atoms with E-state index < -0.39 is 5.41 Å². The molecule has 0 N–H and O–H groups in total. The maximum absolute atomic E-state index is 13.3. The Morgan fingerprint density at radius 2 is 1.70 bits per heavy atom. The van der Waals surface area contributed by atoms with E-state index in [1.165, 1.54) is 23.9 Å². The molecule has 0 amide bonds. The minimum absolute atomic E-state index is 0.157. The first kappa shape index (κ1) is 19.3. The standard InChI is InChI=1S/C21H22FN3OS/c1-21(2,3)18(26)14-27-20-24-23-19(16-9-11-17(22)12-10-16)25(20)13-15-7-5-4-6-8-15/h4-12H,13-14H2,1-3H3. The van der Waals surface area contributed by atoms with Gasteiger partial charge in [-0.25, -0.2) is 4.39 Å². The molecule has 0 atom stereocenters. The predicted octanol–water partition coefficient (Wildman–Crippen LogP) is 4.84. The van der Waals surface area contributed by atoms with Crippen molar-refractivity contribution in [3.8, 4) is 11.4 Å². The number of nitrogens with zero attached hydrogens (tertiary/aromatic N) is 3. The van der Waals surface area contributed by atoms with Gasteiger partial charge in [-0.3, -0.25) is 9.36 Å². The SMILES string of the molecule is CC(C)(C)C(=O)CSc1nnc(-c2ccc(F)cc2)n1Cc1ccccc1. The minimum atomic E-state index is -0.392. The molecule has 0 saturated carbocycles. The fourth-order valence-electron chi connectivity index (χ4n) is 2.46. The Bertz CT molecular complexity index is 915. The molecule has 2 aromatic carbocycles. The van der Waals surface area contributed by atoms with Crippen molar-refractivity contribution in [3.05, 3.63) is 66.0 Å². The van der Waals surface area contributed by atoms with Crippen LogP contribution in [0, 0.1) is 11.2 Å². The highest BCUT2D eigenvalue weighted by atomic mass is 32.2. The van der Waals surface area contributed by atoms with Crippen LogP contribution >= 0.6 is 11.8 Å². The molecule has 140 valence electrons. The van der Waals surface area contributed by atoms with Crippen molar-refractivity contribution in [2.75, 3.05) is 5.75 Å². The average molecular weight is 383 g/mol. The van der Waals surface area contributed by atoms with Gasteiger partial charge in [0.15, 0.2) is 11.0 Å². The van der Waals surface area contributed by atoms with Gasteiger partial charge in [0.1, 0.15) is 11.6 Å². The third-order valence-electron chi connectivity index (χ3n) is 4.17. The van der Waals surface area contributed by atoms with E-state index in [0.717, 1.165) is 11.1 Å². The second kappa shape index (κ2) is 8.05. The third kappa shape index (κ3) is 4.83. The van der Waals surface area contributed by atoms with Crippen molar-refractivity contribution in [1.82, 2.24) is 14.8 Å². The highest BCUT2D eigenvalue weighted by molar-refractivity contribution is 7.99. The zero-order valence-corrected chi connectivity index (χ0v) is 16.5. The molecule has 0 fully saturated rings. The van der Waals surface area contributed by atoms with Crippen LogP contribution in [0.3, 0.4) is 0 Å². The molecule has 27 heavy (non-hydrogen) atoms. The number of thioether (sulfide) groups is 1. The van der Waals surface area contributed by atoms with Gasteiger partial charge in [0.05, 0.1) is 12.3 Å². The van der Waals surface area contributed by atoms with Crippen LogP contribution in [0.25, 0.3) is 11.4 Å². The maximum Gasteiger partial charge on any atom is 0.192 e. The molecule has 0 bridgehead atoms. The van der Waals surface area contributed by atoms with Gasteiger partial charge >= 0.3 is 0 Å². The molecule has 6 heteroatoms. The zero-order chi connectivity index (χ0) is 19.4. The lowest BCUT2D eigenvalue weighted by Gasteiger charge is -2.16. The van der Waals surface area contributed by atoms with Crippen molar-refractivity contribution in [1.29, 1.82) is 0 Å².